The van der Waals surface area contributed by atoms with Gasteiger partial charge in [-0.1, -0.05) is 32.9 Å². The number of hydrogen-bond acceptors (Lipinski definition) is 5. The summed E-state index contributed by atoms with van der Waals surface area (Å²) in [6, 6.07) is 7.55. The highest BCUT2D eigenvalue weighted by Crippen LogP contribution is 2.29. The van der Waals surface area contributed by atoms with E-state index in [0.717, 1.165) is 17.7 Å². The minimum atomic E-state index is -0.344. The molecule has 0 aliphatic heterocycles. The van der Waals surface area contributed by atoms with Gasteiger partial charge in [0.05, 0.1) is 19.8 Å². The summed E-state index contributed by atoms with van der Waals surface area (Å²) in [5.41, 5.74) is 0.937. The number of likely N-dealkylation sites (N-methyl/N-ethyl adjacent to an activating group) is 1. The molecule has 0 bridgehead atoms. The lowest BCUT2D eigenvalue weighted by Crippen LogP contribution is -2.38. The molecule has 3 atom stereocenters. The quantitative estimate of drug-likeness (QED) is 0.646. The minimum Gasteiger partial charge on any atom is -0.493 e. The minimum absolute atomic E-state index is 0.123. The van der Waals surface area contributed by atoms with E-state index in [1.54, 1.807) is 0 Å². The van der Waals surface area contributed by atoms with Crippen molar-refractivity contribution in [1.29, 1.82) is 0 Å². The molecule has 0 fully saturated rings. The predicted molar refractivity (Wildman–Crippen MR) is 104 cm³/mol. The molecule has 0 saturated heterocycles. The van der Waals surface area contributed by atoms with E-state index in [2.05, 4.69) is 20.8 Å². The first kappa shape index (κ1) is 22.5. The molecule has 0 aromatic heterocycles. The predicted octanol–water partition coefficient (Wildman–Crippen LogP) is 3.14. The zero-order chi connectivity index (χ0) is 19.9. The number of hydrogen-bond donors (Lipinski definition) is 1. The molecule has 1 rings (SSSR count). The highest BCUT2D eigenvalue weighted by Gasteiger charge is 2.26. The number of ether oxygens (including phenoxy) is 2. The van der Waals surface area contributed by atoms with E-state index in [1.807, 2.05) is 50.2 Å². The van der Waals surface area contributed by atoms with Crippen molar-refractivity contribution in [3.63, 3.8) is 0 Å². The number of aliphatic hydroxyl groups is 1. The fraction of sp³-hybridized carbons (Fsp3) is 0.667. The van der Waals surface area contributed by atoms with Crippen LogP contribution in [-0.4, -0.2) is 55.9 Å². The van der Waals surface area contributed by atoms with Crippen LogP contribution in [0.3, 0.4) is 0 Å². The highest BCUT2D eigenvalue weighted by atomic mass is 16.5. The number of carbonyl (C=O) groups is 1. The van der Waals surface area contributed by atoms with Crippen molar-refractivity contribution in [1.82, 2.24) is 4.90 Å². The van der Waals surface area contributed by atoms with Gasteiger partial charge in [0, 0.05) is 0 Å². The maximum absolute atomic E-state index is 11.9. The Hall–Kier alpha value is -1.59. The number of aliphatic hydroxyl groups excluding tert-OH is 1. The van der Waals surface area contributed by atoms with Crippen LogP contribution >= 0.6 is 0 Å². The zero-order valence-electron chi connectivity index (χ0n) is 17.3. The van der Waals surface area contributed by atoms with Gasteiger partial charge in [-0.3, -0.25) is 9.69 Å². The van der Waals surface area contributed by atoms with Gasteiger partial charge in [0.2, 0.25) is 0 Å². The fourth-order valence-corrected chi connectivity index (χ4v) is 2.92. The lowest BCUT2D eigenvalue weighted by molar-refractivity contribution is -0.145. The van der Waals surface area contributed by atoms with E-state index < -0.39 is 0 Å². The van der Waals surface area contributed by atoms with Crippen molar-refractivity contribution in [3.05, 3.63) is 29.8 Å². The Bertz CT molecular complexity index is 552. The maximum atomic E-state index is 11.9. The van der Waals surface area contributed by atoms with E-state index in [9.17, 15) is 9.90 Å². The Morgan fingerprint density at radius 3 is 2.23 bits per heavy atom. The number of nitrogens with zero attached hydrogens (tertiary/aromatic N) is 1. The number of rotatable bonds is 10. The van der Waals surface area contributed by atoms with Crippen LogP contribution in [0.15, 0.2) is 24.3 Å². The second-order valence-electron chi connectivity index (χ2n) is 8.14. The molecule has 0 aliphatic rings. The molecule has 0 saturated carbocycles. The van der Waals surface area contributed by atoms with Gasteiger partial charge in [-0.05, 0) is 62.9 Å². The first-order valence-electron chi connectivity index (χ1n) is 9.21. The smallest absolute Gasteiger partial charge is 0.323 e. The third-order valence-corrected chi connectivity index (χ3v) is 4.99. The second kappa shape index (κ2) is 9.93. The molecule has 1 aromatic rings. The summed E-state index contributed by atoms with van der Waals surface area (Å²) >= 11 is 0. The lowest BCUT2D eigenvalue weighted by Gasteiger charge is -2.30. The Kier molecular flexibility index (Phi) is 8.57. The molecule has 5 heteroatoms. The summed E-state index contributed by atoms with van der Waals surface area (Å²) in [6.07, 6.45) is 1.15. The molecule has 5 nitrogen and oxygen atoms in total. The summed E-state index contributed by atoms with van der Waals surface area (Å²) in [5.74, 6) is 0.927. The molecule has 1 aromatic carbocycles. The first-order valence-corrected chi connectivity index (χ1v) is 9.21. The Morgan fingerprint density at radius 2 is 1.77 bits per heavy atom. The van der Waals surface area contributed by atoms with Gasteiger partial charge in [0.25, 0.3) is 0 Å². The standard InChI is InChI=1S/C21H35NO4/c1-15(13-21(3,4)16(2)23)14-26-18-10-8-17(9-11-18)12-19(22(5)6)20(24)25-7/h8-11,15-16,19,23H,12-14H2,1-7H3. The van der Waals surface area contributed by atoms with Gasteiger partial charge in [0.15, 0.2) is 0 Å². The summed E-state index contributed by atoms with van der Waals surface area (Å²) < 4.78 is 10.8. The summed E-state index contributed by atoms with van der Waals surface area (Å²) in [4.78, 5) is 13.7. The van der Waals surface area contributed by atoms with Crippen molar-refractivity contribution in [2.24, 2.45) is 11.3 Å². The van der Waals surface area contributed by atoms with Crippen LogP contribution in [0.4, 0.5) is 0 Å². The normalized spacial score (nSPS) is 15.4. The molecule has 0 amide bonds. The third-order valence-electron chi connectivity index (χ3n) is 4.99. The Morgan fingerprint density at radius 1 is 1.19 bits per heavy atom. The van der Waals surface area contributed by atoms with Gasteiger partial charge in [-0.25, -0.2) is 0 Å². The third kappa shape index (κ3) is 6.96. The molecule has 26 heavy (non-hydrogen) atoms. The van der Waals surface area contributed by atoms with Crippen LogP contribution in [0.25, 0.3) is 0 Å². The van der Waals surface area contributed by atoms with E-state index >= 15 is 0 Å². The average Bonchev–Trinajstić information content (AvgIpc) is 2.57. The van der Waals surface area contributed by atoms with Crippen molar-refractivity contribution in [2.45, 2.75) is 52.7 Å². The number of esters is 1. The summed E-state index contributed by atoms with van der Waals surface area (Å²) in [7, 11) is 5.15. The van der Waals surface area contributed by atoms with Gasteiger partial charge in [-0.2, -0.15) is 0 Å². The number of methoxy groups -OCH3 is 1. The van der Waals surface area contributed by atoms with Crippen LogP contribution in [0.2, 0.25) is 0 Å². The van der Waals surface area contributed by atoms with E-state index in [0.29, 0.717) is 18.9 Å². The van der Waals surface area contributed by atoms with Gasteiger partial charge >= 0.3 is 5.97 Å². The molecule has 0 aliphatic carbocycles. The van der Waals surface area contributed by atoms with Crippen LogP contribution < -0.4 is 4.74 Å². The van der Waals surface area contributed by atoms with Crippen LogP contribution in [-0.2, 0) is 16.0 Å². The van der Waals surface area contributed by atoms with Crippen molar-refractivity contribution in [2.75, 3.05) is 27.8 Å². The largest absolute Gasteiger partial charge is 0.493 e. The highest BCUT2D eigenvalue weighted by molar-refractivity contribution is 5.76. The zero-order valence-corrected chi connectivity index (χ0v) is 17.3. The van der Waals surface area contributed by atoms with Gasteiger partial charge < -0.3 is 14.6 Å². The van der Waals surface area contributed by atoms with Crippen molar-refractivity contribution in [3.8, 4) is 5.75 Å². The molecular formula is C21H35NO4. The Balaban J connectivity index is 2.58. The molecule has 3 unspecified atom stereocenters. The maximum Gasteiger partial charge on any atom is 0.323 e. The van der Waals surface area contributed by atoms with Crippen LogP contribution in [0.5, 0.6) is 5.75 Å². The molecule has 1 N–H and O–H groups in total. The van der Waals surface area contributed by atoms with E-state index in [-0.39, 0.29) is 23.5 Å². The second-order valence-corrected chi connectivity index (χ2v) is 8.14. The lowest BCUT2D eigenvalue weighted by atomic mass is 9.79. The Labute approximate surface area is 158 Å². The average molecular weight is 366 g/mol. The van der Waals surface area contributed by atoms with Crippen molar-refractivity contribution >= 4 is 5.97 Å². The van der Waals surface area contributed by atoms with Crippen molar-refractivity contribution < 1.29 is 19.4 Å². The molecule has 0 heterocycles. The number of benzene rings is 1. The fourth-order valence-electron chi connectivity index (χ4n) is 2.92. The molecule has 0 radical (unpaired) electrons. The topological polar surface area (TPSA) is 59.0 Å². The SMILES string of the molecule is COC(=O)C(Cc1ccc(OCC(C)CC(C)(C)C(C)O)cc1)N(C)C. The summed E-state index contributed by atoms with van der Waals surface area (Å²) in [5, 5.41) is 9.84. The molecule has 148 valence electrons. The van der Waals surface area contributed by atoms with Crippen LogP contribution in [0.1, 0.15) is 39.7 Å². The summed E-state index contributed by atoms with van der Waals surface area (Å²) in [6.45, 7) is 8.73. The molecular weight excluding hydrogens is 330 g/mol. The first-order chi connectivity index (χ1) is 12.1. The van der Waals surface area contributed by atoms with E-state index in [4.69, 9.17) is 9.47 Å². The van der Waals surface area contributed by atoms with Crippen LogP contribution in [0, 0.1) is 11.3 Å². The molecule has 0 spiro atoms. The van der Waals surface area contributed by atoms with Gasteiger partial charge in [-0.15, -0.1) is 0 Å². The van der Waals surface area contributed by atoms with E-state index in [1.165, 1.54) is 7.11 Å². The number of carbonyl (C=O) groups excluding carboxylic acids is 1. The monoisotopic (exact) mass is 365 g/mol. The van der Waals surface area contributed by atoms with Gasteiger partial charge in [0.1, 0.15) is 11.8 Å².